The van der Waals surface area contributed by atoms with Crippen LogP contribution >= 0.6 is 0 Å². The zero-order valence-corrected chi connectivity index (χ0v) is 24.0. The van der Waals surface area contributed by atoms with E-state index in [-0.39, 0.29) is 41.3 Å². The molecule has 2 heterocycles. The van der Waals surface area contributed by atoms with Crippen molar-refractivity contribution >= 4 is 34.8 Å². The second-order valence-electron chi connectivity index (χ2n) is 11.8. The van der Waals surface area contributed by atoms with E-state index in [2.05, 4.69) is 4.90 Å². The Morgan fingerprint density at radius 1 is 0.930 bits per heavy atom. The molecule has 2 fully saturated rings. The molecule has 2 aromatic carbocycles. The van der Waals surface area contributed by atoms with E-state index in [9.17, 15) is 24.3 Å². The third-order valence-electron chi connectivity index (χ3n) is 9.61. The number of Topliss-reactive ketones (excluding diaryl/α,β-unsaturated/α-hetero) is 1. The summed E-state index contributed by atoms with van der Waals surface area (Å²) in [6.07, 6.45) is 3.80. The first-order valence-corrected chi connectivity index (χ1v) is 14.7. The maximum atomic E-state index is 14.2. The van der Waals surface area contributed by atoms with Gasteiger partial charge in [-0.2, -0.15) is 0 Å². The number of nitrogens with zero attached hydrogens (tertiary/aromatic N) is 2. The Labute approximate surface area is 249 Å². The molecule has 4 unspecified atom stereocenters. The average Bonchev–Trinajstić information content (AvgIpc) is 3.29. The molecule has 0 bridgehead atoms. The van der Waals surface area contributed by atoms with Crippen molar-refractivity contribution in [3.05, 3.63) is 82.5 Å². The molecule has 220 valence electrons. The first-order valence-electron chi connectivity index (χ1n) is 14.7. The van der Waals surface area contributed by atoms with Crippen molar-refractivity contribution in [3.8, 4) is 11.5 Å². The Bertz CT molecular complexity index is 1660. The first-order chi connectivity index (χ1) is 20.8. The van der Waals surface area contributed by atoms with Crippen LogP contribution in [0.15, 0.2) is 76.9 Å². The van der Waals surface area contributed by atoms with Crippen molar-refractivity contribution in [1.82, 2.24) is 0 Å². The molecule has 0 spiro atoms. The molecule has 9 nitrogen and oxygen atoms in total. The van der Waals surface area contributed by atoms with Crippen LogP contribution in [0.1, 0.15) is 31.2 Å². The van der Waals surface area contributed by atoms with Gasteiger partial charge in [0.25, 0.3) is 0 Å². The number of fused-ring (bicyclic) bond motifs is 3. The molecule has 9 heteroatoms. The van der Waals surface area contributed by atoms with Gasteiger partial charge in [0.2, 0.25) is 11.8 Å². The van der Waals surface area contributed by atoms with E-state index in [1.807, 2.05) is 30.3 Å². The molecule has 2 amide bonds. The van der Waals surface area contributed by atoms with Gasteiger partial charge in [0, 0.05) is 47.0 Å². The number of morpholine rings is 1. The molecule has 2 aromatic rings. The highest BCUT2D eigenvalue weighted by Crippen LogP contribution is 2.57. The van der Waals surface area contributed by atoms with Gasteiger partial charge in [-0.3, -0.25) is 24.1 Å². The quantitative estimate of drug-likeness (QED) is 0.330. The van der Waals surface area contributed by atoms with Crippen LogP contribution in [0.4, 0.5) is 11.4 Å². The number of rotatable bonds is 4. The summed E-state index contributed by atoms with van der Waals surface area (Å²) in [5.41, 5.74) is 3.76. The molecular formula is C34H32N2O7. The van der Waals surface area contributed by atoms with E-state index >= 15 is 0 Å². The minimum Gasteiger partial charge on any atom is -0.504 e. The zero-order chi connectivity index (χ0) is 30.0. The van der Waals surface area contributed by atoms with Gasteiger partial charge in [-0.25, -0.2) is 0 Å². The lowest BCUT2D eigenvalue weighted by Crippen LogP contribution is -2.39. The van der Waals surface area contributed by atoms with Crippen molar-refractivity contribution in [2.24, 2.45) is 17.8 Å². The minimum absolute atomic E-state index is 0.118. The number of methoxy groups -OCH3 is 1. The summed E-state index contributed by atoms with van der Waals surface area (Å²) in [7, 11) is 1.45. The summed E-state index contributed by atoms with van der Waals surface area (Å²) in [5, 5.41) is 11.2. The third kappa shape index (κ3) is 4.17. The molecule has 0 radical (unpaired) electrons. The molecule has 7 rings (SSSR count). The van der Waals surface area contributed by atoms with Gasteiger partial charge in [-0.05, 0) is 62.1 Å². The van der Waals surface area contributed by atoms with E-state index < -0.39 is 23.7 Å². The van der Waals surface area contributed by atoms with Gasteiger partial charge in [0.1, 0.15) is 0 Å². The standard InChI is InChI=1S/C34H32N2O7/c1-18-16-26(37)30-25(31(18)38)17-24-21(28(30)22-4-3-5-27(42-2)32(22)39)10-11-23-29(24)34(41)36(33(23)40)20-8-6-19(7-9-20)35-12-14-43-15-13-35/h3-10,16,23-24,28-29,39H,11-15,17H2,1-2H3. The van der Waals surface area contributed by atoms with Gasteiger partial charge in [0.05, 0.1) is 37.8 Å². The second-order valence-corrected chi connectivity index (χ2v) is 11.8. The SMILES string of the molecule is COc1cccc(C2C3=CCC4C(=O)N(c5ccc(N6CCOCC6)cc5)C(=O)C4C3CC3=C2C(=O)C=C(C)C3=O)c1O. The van der Waals surface area contributed by atoms with Crippen LogP contribution in [-0.4, -0.2) is 61.9 Å². The summed E-state index contributed by atoms with van der Waals surface area (Å²) < 4.78 is 10.8. The number of allylic oxidation sites excluding steroid dienone is 6. The molecular weight excluding hydrogens is 548 g/mol. The van der Waals surface area contributed by atoms with Crippen LogP contribution in [-0.2, 0) is 23.9 Å². The van der Waals surface area contributed by atoms with Crippen LogP contribution in [0.5, 0.6) is 11.5 Å². The fourth-order valence-corrected chi connectivity index (χ4v) is 7.56. The molecule has 0 saturated carbocycles. The maximum Gasteiger partial charge on any atom is 0.238 e. The number of hydrogen-bond acceptors (Lipinski definition) is 8. The highest BCUT2D eigenvalue weighted by molar-refractivity contribution is 6.25. The maximum absolute atomic E-state index is 14.2. The Kier molecular flexibility index (Phi) is 6.58. The number of carbonyl (C=O) groups is 4. The van der Waals surface area contributed by atoms with Crippen molar-refractivity contribution in [2.75, 3.05) is 43.2 Å². The fraction of sp³-hybridized carbons (Fsp3) is 0.353. The van der Waals surface area contributed by atoms with Gasteiger partial charge in [-0.1, -0.05) is 23.8 Å². The number of phenolic OH excluding ortho intramolecular Hbond substituents is 1. The molecule has 43 heavy (non-hydrogen) atoms. The van der Waals surface area contributed by atoms with E-state index in [4.69, 9.17) is 9.47 Å². The second kappa shape index (κ2) is 10.3. The molecule has 5 aliphatic rings. The number of ether oxygens (including phenoxy) is 2. The number of ketones is 2. The van der Waals surface area contributed by atoms with Gasteiger partial charge in [-0.15, -0.1) is 0 Å². The Balaban J connectivity index is 1.28. The minimum atomic E-state index is -0.740. The summed E-state index contributed by atoms with van der Waals surface area (Å²) in [4.78, 5) is 58.4. The number of anilines is 2. The number of hydrogen-bond donors (Lipinski definition) is 1. The number of carbonyl (C=O) groups excluding carboxylic acids is 4. The number of phenols is 1. The monoisotopic (exact) mass is 580 g/mol. The molecule has 3 aliphatic carbocycles. The summed E-state index contributed by atoms with van der Waals surface area (Å²) in [6.45, 7) is 4.48. The van der Waals surface area contributed by atoms with Crippen molar-refractivity contribution in [2.45, 2.75) is 25.7 Å². The number of imide groups is 1. The highest BCUT2D eigenvalue weighted by atomic mass is 16.5. The smallest absolute Gasteiger partial charge is 0.238 e. The van der Waals surface area contributed by atoms with Crippen molar-refractivity contribution < 1.29 is 33.8 Å². The Morgan fingerprint density at radius 3 is 2.37 bits per heavy atom. The normalized spacial score (nSPS) is 27.0. The van der Waals surface area contributed by atoms with E-state index in [0.717, 1.165) is 24.4 Å². The predicted molar refractivity (Wildman–Crippen MR) is 158 cm³/mol. The Morgan fingerprint density at radius 2 is 1.65 bits per heavy atom. The highest BCUT2D eigenvalue weighted by Gasteiger charge is 2.56. The molecule has 2 saturated heterocycles. The number of amides is 2. The lowest BCUT2D eigenvalue weighted by Gasteiger charge is -2.42. The van der Waals surface area contributed by atoms with Gasteiger partial charge < -0.3 is 19.5 Å². The molecule has 0 aromatic heterocycles. The van der Waals surface area contributed by atoms with Crippen LogP contribution in [0.2, 0.25) is 0 Å². The van der Waals surface area contributed by atoms with Crippen molar-refractivity contribution in [1.29, 1.82) is 0 Å². The average molecular weight is 581 g/mol. The Hall–Kier alpha value is -4.50. The van der Waals surface area contributed by atoms with Crippen LogP contribution in [0, 0.1) is 17.8 Å². The van der Waals surface area contributed by atoms with E-state index in [1.54, 1.807) is 25.1 Å². The van der Waals surface area contributed by atoms with Crippen LogP contribution < -0.4 is 14.5 Å². The first kappa shape index (κ1) is 27.3. The van der Waals surface area contributed by atoms with Crippen LogP contribution in [0.3, 0.4) is 0 Å². The molecule has 4 atom stereocenters. The number of para-hydroxylation sites is 1. The zero-order valence-electron chi connectivity index (χ0n) is 24.0. The third-order valence-corrected chi connectivity index (χ3v) is 9.61. The summed E-state index contributed by atoms with van der Waals surface area (Å²) in [5.74, 6) is -3.44. The van der Waals surface area contributed by atoms with Gasteiger partial charge in [0.15, 0.2) is 23.1 Å². The molecule has 1 N–H and O–H groups in total. The lowest BCUT2D eigenvalue weighted by molar-refractivity contribution is -0.123. The fourth-order valence-electron chi connectivity index (χ4n) is 7.56. The van der Waals surface area contributed by atoms with E-state index in [1.165, 1.54) is 18.1 Å². The lowest BCUT2D eigenvalue weighted by atomic mass is 9.59. The molecule has 2 aliphatic heterocycles. The summed E-state index contributed by atoms with van der Waals surface area (Å²) >= 11 is 0. The van der Waals surface area contributed by atoms with Crippen LogP contribution in [0.25, 0.3) is 0 Å². The van der Waals surface area contributed by atoms with E-state index in [0.29, 0.717) is 47.6 Å². The largest absolute Gasteiger partial charge is 0.504 e. The topological polar surface area (TPSA) is 113 Å². The number of benzene rings is 2. The summed E-state index contributed by atoms with van der Waals surface area (Å²) in [6, 6.07) is 12.5. The number of aromatic hydroxyl groups is 1. The predicted octanol–water partition coefficient (Wildman–Crippen LogP) is 3.87. The van der Waals surface area contributed by atoms with Gasteiger partial charge >= 0.3 is 0 Å². The van der Waals surface area contributed by atoms with Crippen molar-refractivity contribution in [3.63, 3.8) is 0 Å².